The predicted molar refractivity (Wildman–Crippen MR) is 48.8 cm³/mol. The molecule has 12 heavy (non-hydrogen) atoms. The Hall–Kier alpha value is -1.09. The van der Waals surface area contributed by atoms with Gasteiger partial charge in [-0.15, -0.1) is 0 Å². The van der Waals surface area contributed by atoms with E-state index in [9.17, 15) is 4.79 Å². The average molecular weight is 169 g/mol. The summed E-state index contributed by atoms with van der Waals surface area (Å²) in [5.74, 6) is -0.959. The molecule has 0 saturated heterocycles. The van der Waals surface area contributed by atoms with Gasteiger partial charge in [-0.1, -0.05) is 23.8 Å². The van der Waals surface area contributed by atoms with Gasteiger partial charge in [-0.25, -0.2) is 0 Å². The zero-order chi connectivity index (χ0) is 9.56. The normalized spacial score (nSPS) is 15.1. The molecule has 0 heterocycles. The molecule has 0 spiro atoms. The van der Waals surface area contributed by atoms with Crippen LogP contribution in [0.15, 0.2) is 23.8 Å². The molecular weight excluding hydrogens is 154 g/mol. The molecule has 68 valence electrons. The number of carboxylic acid groups (broad SMARTS) is 1. The summed E-state index contributed by atoms with van der Waals surface area (Å²) in [7, 11) is 0. The number of carboxylic acids is 1. The van der Waals surface area contributed by atoms with Gasteiger partial charge in [0.25, 0.3) is 0 Å². The molecule has 3 heteroatoms. The third-order valence-corrected chi connectivity index (χ3v) is 1.52. The second-order valence-corrected chi connectivity index (χ2v) is 2.51. The first-order chi connectivity index (χ1) is 5.61. The molecule has 0 aliphatic carbocycles. The Labute approximate surface area is 72.6 Å². The van der Waals surface area contributed by atoms with E-state index in [0.717, 1.165) is 5.57 Å². The van der Waals surface area contributed by atoms with E-state index in [4.69, 9.17) is 10.8 Å². The standard InChI is InChI=1S/C9H15NO2/c1-3-5-7(4-2)6-8(10)9(11)12/h3-5,8H,6,10H2,1-2H3,(H,11,12). The van der Waals surface area contributed by atoms with Crippen molar-refractivity contribution in [1.29, 1.82) is 0 Å². The van der Waals surface area contributed by atoms with Crippen LogP contribution in [-0.2, 0) is 4.79 Å². The quantitative estimate of drug-likeness (QED) is 0.624. The van der Waals surface area contributed by atoms with Crippen LogP contribution in [0.25, 0.3) is 0 Å². The SMILES string of the molecule is CC=CC(=CC)CC(N)C(=O)O. The maximum Gasteiger partial charge on any atom is 0.320 e. The fraction of sp³-hybridized carbons (Fsp3) is 0.444. The Balaban J connectivity index is 4.13. The van der Waals surface area contributed by atoms with Crippen LogP contribution in [0.5, 0.6) is 0 Å². The minimum atomic E-state index is -0.959. The van der Waals surface area contributed by atoms with Crippen molar-refractivity contribution in [1.82, 2.24) is 0 Å². The van der Waals surface area contributed by atoms with Crippen molar-refractivity contribution in [2.45, 2.75) is 26.3 Å². The van der Waals surface area contributed by atoms with E-state index in [1.54, 1.807) is 0 Å². The fourth-order valence-electron chi connectivity index (χ4n) is 0.837. The molecule has 0 aromatic heterocycles. The van der Waals surface area contributed by atoms with Crippen LogP contribution in [0.3, 0.4) is 0 Å². The van der Waals surface area contributed by atoms with Crippen molar-refractivity contribution in [2.75, 3.05) is 0 Å². The Kier molecular flexibility index (Phi) is 5.04. The highest BCUT2D eigenvalue weighted by molar-refractivity contribution is 5.73. The van der Waals surface area contributed by atoms with Crippen molar-refractivity contribution in [3.8, 4) is 0 Å². The first-order valence-corrected chi connectivity index (χ1v) is 3.88. The molecule has 0 radical (unpaired) electrons. The first-order valence-electron chi connectivity index (χ1n) is 3.88. The van der Waals surface area contributed by atoms with E-state index < -0.39 is 12.0 Å². The number of rotatable bonds is 4. The lowest BCUT2D eigenvalue weighted by atomic mass is 10.1. The Morgan fingerprint density at radius 1 is 1.58 bits per heavy atom. The van der Waals surface area contributed by atoms with E-state index in [0.29, 0.717) is 6.42 Å². The predicted octanol–water partition coefficient (Wildman–Crippen LogP) is 1.31. The van der Waals surface area contributed by atoms with Gasteiger partial charge in [0.1, 0.15) is 6.04 Å². The molecule has 1 unspecified atom stereocenters. The number of allylic oxidation sites excluding steroid dienone is 3. The van der Waals surface area contributed by atoms with Gasteiger partial charge in [-0.2, -0.15) is 0 Å². The largest absolute Gasteiger partial charge is 0.480 e. The second kappa shape index (κ2) is 5.55. The van der Waals surface area contributed by atoms with Crippen LogP contribution < -0.4 is 5.73 Å². The van der Waals surface area contributed by atoms with Crippen molar-refractivity contribution in [2.24, 2.45) is 5.73 Å². The Morgan fingerprint density at radius 3 is 2.50 bits per heavy atom. The highest BCUT2D eigenvalue weighted by atomic mass is 16.4. The van der Waals surface area contributed by atoms with Crippen molar-refractivity contribution in [3.05, 3.63) is 23.8 Å². The van der Waals surface area contributed by atoms with Crippen LogP contribution >= 0.6 is 0 Å². The molecule has 3 nitrogen and oxygen atoms in total. The molecule has 0 saturated carbocycles. The molecular formula is C9H15NO2. The minimum Gasteiger partial charge on any atom is -0.480 e. The molecule has 0 aromatic carbocycles. The minimum absolute atomic E-state index is 0.385. The molecule has 0 fully saturated rings. The van der Waals surface area contributed by atoms with Gasteiger partial charge in [0.05, 0.1) is 0 Å². The highest BCUT2D eigenvalue weighted by Crippen LogP contribution is 2.05. The molecule has 3 N–H and O–H groups in total. The van der Waals surface area contributed by atoms with Crippen LogP contribution in [0, 0.1) is 0 Å². The summed E-state index contributed by atoms with van der Waals surface area (Å²) in [5, 5.41) is 8.52. The van der Waals surface area contributed by atoms with Gasteiger partial charge < -0.3 is 10.8 Å². The van der Waals surface area contributed by atoms with Crippen LogP contribution in [0.4, 0.5) is 0 Å². The zero-order valence-electron chi connectivity index (χ0n) is 7.45. The van der Waals surface area contributed by atoms with Crippen molar-refractivity contribution >= 4 is 5.97 Å². The summed E-state index contributed by atoms with van der Waals surface area (Å²) in [6.45, 7) is 3.75. The Morgan fingerprint density at radius 2 is 2.17 bits per heavy atom. The monoisotopic (exact) mass is 169 g/mol. The van der Waals surface area contributed by atoms with Gasteiger partial charge in [0, 0.05) is 0 Å². The fourth-order valence-corrected chi connectivity index (χ4v) is 0.837. The molecule has 0 aliphatic heterocycles. The summed E-state index contributed by atoms with van der Waals surface area (Å²) in [4.78, 5) is 10.4. The molecule has 1 atom stereocenters. The van der Waals surface area contributed by atoms with Gasteiger partial charge >= 0.3 is 5.97 Å². The summed E-state index contributed by atoms with van der Waals surface area (Å²) in [5.41, 5.74) is 6.30. The number of hydrogen-bond acceptors (Lipinski definition) is 2. The average Bonchev–Trinajstić information content (AvgIpc) is 2.03. The number of carbonyl (C=O) groups is 1. The van der Waals surface area contributed by atoms with E-state index in [1.165, 1.54) is 0 Å². The molecule has 0 aliphatic rings. The first kappa shape index (κ1) is 10.9. The maximum absolute atomic E-state index is 10.4. The van der Waals surface area contributed by atoms with E-state index in [-0.39, 0.29) is 0 Å². The molecule has 0 rings (SSSR count). The van der Waals surface area contributed by atoms with Gasteiger partial charge in [0.2, 0.25) is 0 Å². The summed E-state index contributed by atoms with van der Waals surface area (Å²) >= 11 is 0. The van der Waals surface area contributed by atoms with E-state index in [2.05, 4.69) is 0 Å². The van der Waals surface area contributed by atoms with Crippen LogP contribution in [0.2, 0.25) is 0 Å². The summed E-state index contributed by atoms with van der Waals surface area (Å²) in [6, 6.07) is -0.799. The van der Waals surface area contributed by atoms with Gasteiger partial charge in [0.15, 0.2) is 0 Å². The van der Waals surface area contributed by atoms with Gasteiger partial charge in [-0.3, -0.25) is 4.79 Å². The van der Waals surface area contributed by atoms with Crippen molar-refractivity contribution < 1.29 is 9.90 Å². The van der Waals surface area contributed by atoms with Crippen LogP contribution in [-0.4, -0.2) is 17.1 Å². The lowest BCUT2D eigenvalue weighted by Gasteiger charge is -2.05. The highest BCUT2D eigenvalue weighted by Gasteiger charge is 2.11. The zero-order valence-corrected chi connectivity index (χ0v) is 7.45. The topological polar surface area (TPSA) is 63.3 Å². The van der Waals surface area contributed by atoms with Crippen LogP contribution in [0.1, 0.15) is 20.3 Å². The number of hydrogen-bond donors (Lipinski definition) is 2. The smallest absolute Gasteiger partial charge is 0.320 e. The van der Waals surface area contributed by atoms with Gasteiger partial charge in [-0.05, 0) is 20.3 Å². The van der Waals surface area contributed by atoms with Crippen molar-refractivity contribution in [3.63, 3.8) is 0 Å². The second-order valence-electron chi connectivity index (χ2n) is 2.51. The lowest BCUT2D eigenvalue weighted by molar-refractivity contribution is -0.138. The number of aliphatic carboxylic acids is 1. The molecule has 0 amide bonds. The third kappa shape index (κ3) is 3.93. The molecule has 0 bridgehead atoms. The van der Waals surface area contributed by atoms with E-state index >= 15 is 0 Å². The lowest BCUT2D eigenvalue weighted by Crippen LogP contribution is -2.30. The Bertz CT molecular complexity index is 207. The third-order valence-electron chi connectivity index (χ3n) is 1.52. The maximum atomic E-state index is 10.4. The number of nitrogens with two attached hydrogens (primary N) is 1. The summed E-state index contributed by atoms with van der Waals surface area (Å²) in [6.07, 6.45) is 5.98. The molecule has 0 aromatic rings. The van der Waals surface area contributed by atoms with E-state index in [1.807, 2.05) is 32.1 Å². The summed E-state index contributed by atoms with van der Waals surface area (Å²) < 4.78 is 0.